The summed E-state index contributed by atoms with van der Waals surface area (Å²) in [4.78, 5) is 40.9. The van der Waals surface area contributed by atoms with E-state index >= 15 is 0 Å². The molecule has 2 aliphatic heterocycles. The first-order valence-electron chi connectivity index (χ1n) is 10.9. The van der Waals surface area contributed by atoms with Crippen molar-refractivity contribution in [1.82, 2.24) is 14.4 Å². The van der Waals surface area contributed by atoms with Crippen LogP contribution in [-0.4, -0.2) is 78.6 Å². The molecule has 0 radical (unpaired) electrons. The van der Waals surface area contributed by atoms with Crippen LogP contribution in [0.4, 0.5) is 15.3 Å². The molecule has 0 atom stereocenters. The summed E-state index contributed by atoms with van der Waals surface area (Å²) in [7, 11) is -1.25. The smallest absolute Gasteiger partial charge is 0.407 e. The van der Waals surface area contributed by atoms with E-state index in [-0.39, 0.29) is 31.1 Å². The fourth-order valence-electron chi connectivity index (χ4n) is 4.09. The van der Waals surface area contributed by atoms with Crippen LogP contribution in [0.1, 0.15) is 12.5 Å². The number of imide groups is 1. The first kappa shape index (κ1) is 22.3. The third kappa shape index (κ3) is 4.37. The summed E-state index contributed by atoms with van der Waals surface area (Å²) in [6.45, 7) is 8.50. The molecule has 4 amide bonds. The van der Waals surface area contributed by atoms with Crippen molar-refractivity contribution in [1.29, 1.82) is 0 Å². The van der Waals surface area contributed by atoms with Crippen molar-refractivity contribution in [2.24, 2.45) is 0 Å². The normalized spacial score (nSPS) is 17.9. The van der Waals surface area contributed by atoms with Crippen LogP contribution < -0.4 is 4.90 Å². The number of amides is 4. The summed E-state index contributed by atoms with van der Waals surface area (Å²) in [5.41, 5.74) is 1.69. The molecular formula is C22H30N4O5Si. The van der Waals surface area contributed by atoms with Crippen LogP contribution in [0.3, 0.4) is 0 Å². The summed E-state index contributed by atoms with van der Waals surface area (Å²) < 4.78 is 7.75. The van der Waals surface area contributed by atoms with Gasteiger partial charge in [0.1, 0.15) is 6.73 Å². The molecule has 172 valence electrons. The third-order valence-corrected chi connectivity index (χ3v) is 7.79. The van der Waals surface area contributed by atoms with Crippen LogP contribution in [-0.2, 0) is 9.53 Å². The van der Waals surface area contributed by atoms with Gasteiger partial charge in [0.05, 0.1) is 17.2 Å². The lowest BCUT2D eigenvalue weighted by Crippen LogP contribution is -2.53. The van der Waals surface area contributed by atoms with E-state index in [1.807, 2.05) is 30.5 Å². The van der Waals surface area contributed by atoms with Crippen LogP contribution in [0.25, 0.3) is 10.9 Å². The Hall–Kier alpha value is -2.85. The Kier molecular flexibility index (Phi) is 6.00. The number of benzene rings is 1. The maximum absolute atomic E-state index is 13.2. The minimum atomic E-state index is -1.25. The highest BCUT2D eigenvalue weighted by Crippen LogP contribution is 2.33. The number of hydrogen-bond donors (Lipinski definition) is 1. The van der Waals surface area contributed by atoms with Crippen molar-refractivity contribution in [2.45, 2.75) is 38.1 Å². The molecule has 1 aromatic heterocycles. The van der Waals surface area contributed by atoms with Crippen LogP contribution in [0.5, 0.6) is 0 Å². The Morgan fingerprint density at radius 1 is 1.19 bits per heavy atom. The fourth-order valence-corrected chi connectivity index (χ4v) is 4.85. The van der Waals surface area contributed by atoms with Crippen molar-refractivity contribution in [3.05, 3.63) is 30.5 Å². The highest BCUT2D eigenvalue weighted by molar-refractivity contribution is 6.76. The Bertz CT molecular complexity index is 1040. The van der Waals surface area contributed by atoms with E-state index < -0.39 is 14.2 Å². The average molecular weight is 459 g/mol. The van der Waals surface area contributed by atoms with Gasteiger partial charge in [-0.2, -0.15) is 0 Å². The van der Waals surface area contributed by atoms with Gasteiger partial charge in [0, 0.05) is 52.3 Å². The van der Waals surface area contributed by atoms with Gasteiger partial charge in [-0.05, 0) is 24.2 Å². The molecule has 2 aromatic rings. The second kappa shape index (κ2) is 8.59. The Morgan fingerprint density at radius 3 is 2.62 bits per heavy atom. The molecule has 9 nitrogen and oxygen atoms in total. The minimum absolute atomic E-state index is 0.0251. The molecule has 0 saturated carbocycles. The first-order valence-corrected chi connectivity index (χ1v) is 14.6. The topological polar surface area (TPSA) is 95.3 Å². The molecule has 0 unspecified atom stereocenters. The molecule has 2 saturated heterocycles. The molecular weight excluding hydrogens is 428 g/mol. The number of nitrogens with zero attached hydrogens (tertiary/aromatic N) is 4. The maximum atomic E-state index is 13.2. The van der Waals surface area contributed by atoms with Crippen molar-refractivity contribution < 1.29 is 24.2 Å². The molecule has 0 aliphatic carbocycles. The molecule has 2 aliphatic rings. The average Bonchev–Trinajstić information content (AvgIpc) is 3.09. The Morgan fingerprint density at radius 2 is 1.94 bits per heavy atom. The molecule has 3 heterocycles. The summed E-state index contributed by atoms with van der Waals surface area (Å²) >= 11 is 0. The summed E-state index contributed by atoms with van der Waals surface area (Å²) in [6.07, 6.45) is 1.28. The minimum Gasteiger partial charge on any atom is -0.465 e. The summed E-state index contributed by atoms with van der Waals surface area (Å²) in [6, 6.07) is 8.38. The molecule has 4 rings (SSSR count). The predicted octanol–water partition coefficient (Wildman–Crippen LogP) is 3.65. The molecule has 32 heavy (non-hydrogen) atoms. The number of anilines is 1. The molecule has 0 bridgehead atoms. The van der Waals surface area contributed by atoms with E-state index in [0.29, 0.717) is 26.2 Å². The van der Waals surface area contributed by atoms with Crippen LogP contribution >= 0.6 is 0 Å². The lowest BCUT2D eigenvalue weighted by Gasteiger charge is -2.38. The predicted molar refractivity (Wildman–Crippen MR) is 124 cm³/mol. The second-order valence-electron chi connectivity index (χ2n) is 9.63. The molecule has 10 heteroatoms. The van der Waals surface area contributed by atoms with Crippen molar-refractivity contribution in [2.75, 3.05) is 37.9 Å². The first-order chi connectivity index (χ1) is 15.2. The Balaban J connectivity index is 1.50. The number of ether oxygens (including phenoxy) is 1. The van der Waals surface area contributed by atoms with Crippen LogP contribution in [0, 0.1) is 0 Å². The van der Waals surface area contributed by atoms with E-state index in [1.165, 1.54) is 9.80 Å². The maximum Gasteiger partial charge on any atom is 0.407 e. The van der Waals surface area contributed by atoms with Crippen molar-refractivity contribution in [3.63, 3.8) is 0 Å². The number of carboxylic acid groups (broad SMARTS) is 1. The highest BCUT2D eigenvalue weighted by Gasteiger charge is 2.35. The quantitative estimate of drug-likeness (QED) is 0.505. The lowest BCUT2D eigenvalue weighted by molar-refractivity contribution is -0.133. The van der Waals surface area contributed by atoms with Gasteiger partial charge in [-0.1, -0.05) is 25.7 Å². The standard InChI is InChI=1S/C22H30N4O5Si/c1-32(2,3)12-11-31-15-26-20(27)8-10-25(21(26)28)19-6-4-5-18-17(19)7-9-24(18)16-13-23(14-16)22(29)30/h4-7,9,16H,8,10-15H2,1-3H3,(H,29,30). The van der Waals surface area contributed by atoms with Crippen molar-refractivity contribution >= 4 is 42.7 Å². The molecule has 0 spiro atoms. The second-order valence-corrected chi connectivity index (χ2v) is 15.2. The van der Waals surface area contributed by atoms with Gasteiger partial charge in [0.2, 0.25) is 5.91 Å². The largest absolute Gasteiger partial charge is 0.465 e. The van der Waals surface area contributed by atoms with Gasteiger partial charge in [0.25, 0.3) is 0 Å². The zero-order valence-electron chi connectivity index (χ0n) is 18.8. The number of fused-ring (bicyclic) bond motifs is 1. The zero-order chi connectivity index (χ0) is 23.0. The highest BCUT2D eigenvalue weighted by atomic mass is 28.3. The fraction of sp³-hybridized carbons (Fsp3) is 0.500. The summed E-state index contributed by atoms with van der Waals surface area (Å²) in [5, 5.41) is 10.0. The van der Waals surface area contributed by atoms with Gasteiger partial charge >= 0.3 is 12.1 Å². The summed E-state index contributed by atoms with van der Waals surface area (Å²) in [5.74, 6) is -0.216. The number of rotatable bonds is 7. The molecule has 1 N–H and O–H groups in total. The number of carbonyl (C=O) groups is 3. The van der Waals surface area contributed by atoms with E-state index in [2.05, 4.69) is 24.2 Å². The molecule has 2 fully saturated rings. The zero-order valence-corrected chi connectivity index (χ0v) is 19.8. The van der Waals surface area contributed by atoms with Gasteiger partial charge in [-0.3, -0.25) is 9.69 Å². The van der Waals surface area contributed by atoms with Crippen LogP contribution in [0.2, 0.25) is 25.7 Å². The SMILES string of the molecule is C[Si](C)(C)CCOCN1C(=O)CCN(c2cccc3c2ccn3C2CN(C(=O)O)C2)C1=O. The van der Waals surface area contributed by atoms with Gasteiger partial charge in [-0.15, -0.1) is 0 Å². The third-order valence-electron chi connectivity index (χ3n) is 6.09. The monoisotopic (exact) mass is 458 g/mol. The van der Waals surface area contributed by atoms with Gasteiger partial charge < -0.3 is 19.3 Å². The molecule has 1 aromatic carbocycles. The van der Waals surface area contributed by atoms with E-state index in [9.17, 15) is 14.4 Å². The number of urea groups is 1. The lowest BCUT2D eigenvalue weighted by atomic mass is 10.1. The van der Waals surface area contributed by atoms with Crippen LogP contribution in [0.15, 0.2) is 30.5 Å². The van der Waals surface area contributed by atoms with E-state index in [1.54, 1.807) is 4.90 Å². The number of hydrogen-bond acceptors (Lipinski definition) is 4. The number of likely N-dealkylation sites (tertiary alicyclic amines) is 1. The number of aromatic nitrogens is 1. The van der Waals surface area contributed by atoms with Crippen molar-refractivity contribution in [3.8, 4) is 0 Å². The van der Waals surface area contributed by atoms with Gasteiger partial charge in [0.15, 0.2) is 0 Å². The van der Waals surface area contributed by atoms with Gasteiger partial charge in [-0.25, -0.2) is 14.5 Å². The number of carbonyl (C=O) groups excluding carboxylic acids is 2. The van der Waals surface area contributed by atoms with E-state index in [4.69, 9.17) is 9.84 Å². The van der Waals surface area contributed by atoms with E-state index in [0.717, 1.165) is 22.6 Å². The Labute approximate surface area is 188 Å².